The van der Waals surface area contributed by atoms with E-state index in [-0.39, 0.29) is 11.5 Å². The van der Waals surface area contributed by atoms with Crippen molar-refractivity contribution in [3.05, 3.63) is 71.4 Å². The predicted octanol–water partition coefficient (Wildman–Crippen LogP) is 4.39. The van der Waals surface area contributed by atoms with Crippen LogP contribution >= 0.6 is 0 Å². The molecule has 0 aliphatic carbocycles. The van der Waals surface area contributed by atoms with Crippen molar-refractivity contribution in [2.45, 2.75) is 13.3 Å². The van der Waals surface area contributed by atoms with Gasteiger partial charge in [0.2, 0.25) is 17.5 Å². The molecule has 0 radical (unpaired) electrons. The van der Waals surface area contributed by atoms with E-state index in [1.807, 2.05) is 31.2 Å². The fraction of sp³-hybridized carbons (Fsp3) is 0.182. The van der Waals surface area contributed by atoms with Gasteiger partial charge in [-0.2, -0.15) is 15.2 Å². The van der Waals surface area contributed by atoms with Crippen molar-refractivity contribution in [2.75, 3.05) is 18.5 Å². The van der Waals surface area contributed by atoms with E-state index in [0.29, 0.717) is 42.0 Å². The summed E-state index contributed by atoms with van der Waals surface area (Å²) in [6.07, 6.45) is 0.465. The van der Waals surface area contributed by atoms with Crippen molar-refractivity contribution in [1.29, 1.82) is 5.26 Å². The maximum absolute atomic E-state index is 13.1. The van der Waals surface area contributed by atoms with Crippen molar-refractivity contribution < 1.29 is 13.3 Å². The molecule has 30 heavy (non-hydrogen) atoms. The standard InChI is InChI=1S/C22H18FN5O2/c1-14-3-5-15(6-4-14)20-25-18(13-24)22(29-20)28(2)12-11-19-26-21(30-27-19)16-7-9-17(23)10-8-16/h3-10H,11-12H2,1-2H3. The van der Waals surface area contributed by atoms with Gasteiger partial charge in [-0.3, -0.25) is 0 Å². The average molecular weight is 403 g/mol. The third-order valence-corrected chi connectivity index (χ3v) is 4.59. The zero-order valence-electron chi connectivity index (χ0n) is 16.5. The lowest BCUT2D eigenvalue weighted by Crippen LogP contribution is -2.21. The van der Waals surface area contributed by atoms with E-state index in [0.717, 1.165) is 11.1 Å². The molecule has 0 N–H and O–H groups in total. The number of anilines is 1. The van der Waals surface area contributed by atoms with E-state index in [2.05, 4.69) is 21.2 Å². The molecule has 150 valence electrons. The van der Waals surface area contributed by atoms with Crippen molar-refractivity contribution in [3.63, 3.8) is 0 Å². The molecule has 0 aliphatic heterocycles. The molecule has 7 nitrogen and oxygen atoms in total. The second kappa shape index (κ2) is 8.17. The molecule has 4 rings (SSSR count). The van der Waals surface area contributed by atoms with Crippen LogP contribution in [0, 0.1) is 24.1 Å². The topological polar surface area (TPSA) is 92.0 Å². The van der Waals surface area contributed by atoms with Crippen LogP contribution in [-0.4, -0.2) is 28.7 Å². The van der Waals surface area contributed by atoms with E-state index < -0.39 is 0 Å². The Kier molecular flexibility index (Phi) is 5.26. The normalized spacial score (nSPS) is 10.7. The first-order valence-corrected chi connectivity index (χ1v) is 9.31. The monoisotopic (exact) mass is 403 g/mol. The molecule has 0 saturated carbocycles. The lowest BCUT2D eigenvalue weighted by molar-refractivity contribution is 0.422. The van der Waals surface area contributed by atoms with Crippen molar-refractivity contribution in [3.8, 4) is 29.0 Å². The van der Waals surface area contributed by atoms with Gasteiger partial charge in [0.1, 0.15) is 11.9 Å². The lowest BCUT2D eigenvalue weighted by atomic mass is 10.1. The molecule has 0 amide bonds. The Bertz CT molecular complexity index is 1190. The molecule has 0 saturated heterocycles. The van der Waals surface area contributed by atoms with Gasteiger partial charge in [0.15, 0.2) is 5.82 Å². The maximum Gasteiger partial charge on any atom is 0.257 e. The van der Waals surface area contributed by atoms with E-state index >= 15 is 0 Å². The average Bonchev–Trinajstić information content (AvgIpc) is 3.40. The van der Waals surface area contributed by atoms with Crippen LogP contribution < -0.4 is 4.90 Å². The fourth-order valence-electron chi connectivity index (χ4n) is 2.90. The van der Waals surface area contributed by atoms with Gasteiger partial charge in [0.05, 0.1) is 0 Å². The zero-order valence-corrected chi connectivity index (χ0v) is 16.5. The van der Waals surface area contributed by atoms with E-state index in [1.165, 1.54) is 12.1 Å². The predicted molar refractivity (Wildman–Crippen MR) is 108 cm³/mol. The largest absolute Gasteiger partial charge is 0.419 e. The summed E-state index contributed by atoms with van der Waals surface area (Å²) in [5.74, 6) is 1.28. The van der Waals surface area contributed by atoms with Crippen LogP contribution in [0.15, 0.2) is 57.5 Å². The van der Waals surface area contributed by atoms with E-state index in [9.17, 15) is 9.65 Å². The Balaban J connectivity index is 1.47. The first-order chi connectivity index (χ1) is 14.5. The highest BCUT2D eigenvalue weighted by atomic mass is 19.1. The van der Waals surface area contributed by atoms with E-state index in [1.54, 1.807) is 24.1 Å². The number of hydrogen-bond acceptors (Lipinski definition) is 7. The molecule has 8 heteroatoms. The molecular formula is C22H18FN5O2. The van der Waals surface area contributed by atoms with Crippen molar-refractivity contribution in [2.24, 2.45) is 0 Å². The fourth-order valence-corrected chi connectivity index (χ4v) is 2.90. The second-order valence-corrected chi connectivity index (χ2v) is 6.84. The lowest BCUT2D eigenvalue weighted by Gasteiger charge is -2.14. The summed E-state index contributed by atoms with van der Waals surface area (Å²) in [6.45, 7) is 2.48. The number of likely N-dealkylation sites (N-methyl/N-ethyl adjacent to an activating group) is 1. The molecular weight excluding hydrogens is 385 g/mol. The van der Waals surface area contributed by atoms with Crippen LogP contribution in [0.25, 0.3) is 22.9 Å². The summed E-state index contributed by atoms with van der Waals surface area (Å²) >= 11 is 0. The Morgan fingerprint density at radius 2 is 1.67 bits per heavy atom. The summed E-state index contributed by atoms with van der Waals surface area (Å²) in [5.41, 5.74) is 2.79. The highest BCUT2D eigenvalue weighted by molar-refractivity contribution is 5.59. The molecule has 2 aromatic heterocycles. The summed E-state index contributed by atoms with van der Waals surface area (Å²) in [7, 11) is 1.81. The third kappa shape index (κ3) is 4.05. The van der Waals surface area contributed by atoms with Gasteiger partial charge in [-0.1, -0.05) is 22.9 Å². The Morgan fingerprint density at radius 3 is 2.37 bits per heavy atom. The number of nitriles is 1. The van der Waals surface area contributed by atoms with Crippen LogP contribution in [0.3, 0.4) is 0 Å². The van der Waals surface area contributed by atoms with Gasteiger partial charge in [-0.25, -0.2) is 4.39 Å². The number of rotatable bonds is 6. The Labute approximate surface area is 172 Å². The molecule has 0 bridgehead atoms. The van der Waals surface area contributed by atoms with Gasteiger partial charge in [-0.05, 0) is 43.3 Å². The van der Waals surface area contributed by atoms with Crippen molar-refractivity contribution >= 4 is 5.88 Å². The number of halogens is 1. The van der Waals surface area contributed by atoms with Gasteiger partial charge in [0.25, 0.3) is 5.89 Å². The molecule has 0 spiro atoms. The molecule has 4 aromatic rings. The smallest absolute Gasteiger partial charge is 0.257 e. The number of hydrogen-bond donors (Lipinski definition) is 0. The molecule has 0 unspecified atom stereocenters. The SMILES string of the molecule is Cc1ccc(-c2nc(C#N)c(N(C)CCc3noc(-c4ccc(F)cc4)n3)o2)cc1. The summed E-state index contributed by atoms with van der Waals surface area (Å²) in [4.78, 5) is 10.4. The quantitative estimate of drug-likeness (QED) is 0.471. The first-order valence-electron chi connectivity index (χ1n) is 9.31. The number of nitrogens with zero attached hydrogens (tertiary/aromatic N) is 5. The van der Waals surface area contributed by atoms with Gasteiger partial charge in [-0.15, -0.1) is 0 Å². The van der Waals surface area contributed by atoms with E-state index in [4.69, 9.17) is 8.94 Å². The van der Waals surface area contributed by atoms with Crippen LogP contribution in [-0.2, 0) is 6.42 Å². The van der Waals surface area contributed by atoms with Gasteiger partial charge in [0, 0.05) is 31.1 Å². The van der Waals surface area contributed by atoms with Crippen LogP contribution in [0.4, 0.5) is 10.3 Å². The highest BCUT2D eigenvalue weighted by Gasteiger charge is 2.19. The molecule has 2 aromatic carbocycles. The van der Waals surface area contributed by atoms with Crippen LogP contribution in [0.2, 0.25) is 0 Å². The van der Waals surface area contributed by atoms with Crippen LogP contribution in [0.5, 0.6) is 0 Å². The van der Waals surface area contributed by atoms with Gasteiger partial charge >= 0.3 is 0 Å². The Hall–Kier alpha value is -3.99. The second-order valence-electron chi connectivity index (χ2n) is 6.84. The maximum atomic E-state index is 13.1. The zero-order chi connectivity index (χ0) is 21.1. The van der Waals surface area contributed by atoms with Gasteiger partial charge < -0.3 is 13.8 Å². The number of aromatic nitrogens is 3. The minimum atomic E-state index is -0.328. The molecule has 2 heterocycles. The summed E-state index contributed by atoms with van der Waals surface area (Å²) in [6, 6.07) is 15.7. The molecule has 0 aliphatic rings. The molecule has 0 atom stereocenters. The number of oxazole rings is 1. The van der Waals surface area contributed by atoms with Crippen molar-refractivity contribution in [1.82, 2.24) is 15.1 Å². The Morgan fingerprint density at radius 1 is 1.00 bits per heavy atom. The molecule has 0 fully saturated rings. The minimum absolute atomic E-state index is 0.216. The summed E-state index contributed by atoms with van der Waals surface area (Å²) in [5, 5.41) is 13.4. The minimum Gasteiger partial charge on any atom is -0.419 e. The number of benzene rings is 2. The summed E-state index contributed by atoms with van der Waals surface area (Å²) < 4.78 is 24.2. The van der Waals surface area contributed by atoms with Crippen LogP contribution in [0.1, 0.15) is 17.1 Å². The highest BCUT2D eigenvalue weighted by Crippen LogP contribution is 2.28. The third-order valence-electron chi connectivity index (χ3n) is 4.59. The number of aryl methyl sites for hydroxylation is 1. The first kappa shape index (κ1) is 19.3.